The zero-order valence-corrected chi connectivity index (χ0v) is 9.53. The summed E-state index contributed by atoms with van der Waals surface area (Å²) in [6.07, 6.45) is 2.06. The Hall–Kier alpha value is -0.800. The zero-order valence-electron chi connectivity index (χ0n) is 7.82. The zero-order chi connectivity index (χ0) is 10.1. The summed E-state index contributed by atoms with van der Waals surface area (Å²) in [7, 11) is 0. The monoisotopic (exact) mass is 221 g/mol. The molecule has 0 fully saturated rings. The van der Waals surface area contributed by atoms with Crippen LogP contribution in [0.15, 0.2) is 40.1 Å². The first-order chi connectivity index (χ1) is 6.74. The van der Waals surface area contributed by atoms with E-state index in [9.17, 15) is 0 Å². The smallest absolute Gasteiger partial charge is 0.0530 e. The fraction of sp³-hybridized carbons (Fsp3) is 0.0909. The molecule has 3 heteroatoms. The van der Waals surface area contributed by atoms with E-state index in [4.69, 9.17) is 5.73 Å². The molecule has 0 unspecified atom stereocenters. The Balaban J connectivity index is 2.89. The third-order valence-corrected chi connectivity index (χ3v) is 3.39. The number of anilines is 1. The van der Waals surface area contributed by atoms with Gasteiger partial charge in [-0.3, -0.25) is 0 Å². The molecule has 0 aromatic heterocycles. The summed E-state index contributed by atoms with van der Waals surface area (Å²) in [6.45, 7) is 0. The van der Waals surface area contributed by atoms with Gasteiger partial charge in [-0.25, -0.2) is 0 Å². The van der Waals surface area contributed by atoms with Crippen LogP contribution in [-0.2, 0) is 0 Å². The minimum atomic E-state index is 0.765. The highest BCUT2D eigenvalue weighted by molar-refractivity contribution is 7.98. The van der Waals surface area contributed by atoms with Gasteiger partial charge in [0.2, 0.25) is 0 Å². The number of fused-ring (bicyclic) bond motifs is 1. The molecule has 14 heavy (non-hydrogen) atoms. The molecule has 2 aromatic carbocycles. The van der Waals surface area contributed by atoms with Crippen molar-refractivity contribution in [2.24, 2.45) is 0 Å². The van der Waals surface area contributed by atoms with E-state index in [2.05, 4.69) is 25.0 Å². The summed E-state index contributed by atoms with van der Waals surface area (Å²) in [5, 5.41) is 2.29. The lowest BCUT2D eigenvalue weighted by atomic mass is 10.1. The van der Waals surface area contributed by atoms with Crippen LogP contribution in [0.3, 0.4) is 0 Å². The minimum Gasteiger partial charge on any atom is -0.397 e. The van der Waals surface area contributed by atoms with Gasteiger partial charge in [0.25, 0.3) is 0 Å². The van der Waals surface area contributed by atoms with Gasteiger partial charge in [-0.05, 0) is 17.7 Å². The molecule has 0 atom stereocenters. The summed E-state index contributed by atoms with van der Waals surface area (Å²) in [6, 6.07) is 10.2. The molecule has 0 heterocycles. The van der Waals surface area contributed by atoms with Crippen LogP contribution in [-0.4, -0.2) is 6.26 Å². The van der Waals surface area contributed by atoms with Crippen LogP contribution >= 0.6 is 24.4 Å². The summed E-state index contributed by atoms with van der Waals surface area (Å²) in [5.74, 6) is 0. The highest BCUT2D eigenvalue weighted by atomic mass is 32.2. The third kappa shape index (κ3) is 1.47. The molecule has 0 aliphatic carbocycles. The van der Waals surface area contributed by atoms with E-state index in [0.29, 0.717) is 0 Å². The van der Waals surface area contributed by atoms with E-state index < -0.39 is 0 Å². The maximum Gasteiger partial charge on any atom is 0.0530 e. The number of thiol groups is 1. The number of nitrogens with two attached hydrogens (primary N) is 1. The van der Waals surface area contributed by atoms with Gasteiger partial charge in [0.1, 0.15) is 0 Å². The molecule has 0 bridgehead atoms. The van der Waals surface area contributed by atoms with Gasteiger partial charge in [0, 0.05) is 15.2 Å². The van der Waals surface area contributed by atoms with Crippen molar-refractivity contribution in [1.29, 1.82) is 0 Å². The molecule has 0 aliphatic heterocycles. The van der Waals surface area contributed by atoms with Crippen molar-refractivity contribution in [1.82, 2.24) is 0 Å². The average molecular weight is 221 g/mol. The third-order valence-electron chi connectivity index (χ3n) is 2.25. The Morgan fingerprint density at radius 2 is 1.86 bits per heavy atom. The molecule has 0 aliphatic rings. The van der Waals surface area contributed by atoms with Crippen molar-refractivity contribution in [3.05, 3.63) is 30.3 Å². The van der Waals surface area contributed by atoms with Gasteiger partial charge >= 0.3 is 0 Å². The van der Waals surface area contributed by atoms with Crippen LogP contribution in [0.2, 0.25) is 0 Å². The van der Waals surface area contributed by atoms with Crippen molar-refractivity contribution < 1.29 is 0 Å². The van der Waals surface area contributed by atoms with Gasteiger partial charge in [0.05, 0.1) is 5.69 Å². The molecule has 0 spiro atoms. The van der Waals surface area contributed by atoms with E-state index in [0.717, 1.165) is 16.0 Å². The van der Waals surface area contributed by atoms with Crippen LogP contribution in [0, 0.1) is 0 Å². The maximum absolute atomic E-state index is 5.96. The van der Waals surface area contributed by atoms with Gasteiger partial charge in [-0.15, -0.1) is 24.4 Å². The first kappa shape index (κ1) is 9.74. The lowest BCUT2D eigenvalue weighted by molar-refractivity contribution is 1.41. The molecule has 0 saturated heterocycles. The first-order valence-corrected chi connectivity index (χ1v) is 5.95. The fourth-order valence-corrected chi connectivity index (χ4v) is 2.49. The fourth-order valence-electron chi connectivity index (χ4n) is 1.52. The number of rotatable bonds is 1. The van der Waals surface area contributed by atoms with E-state index in [-0.39, 0.29) is 0 Å². The number of benzene rings is 2. The predicted molar refractivity (Wildman–Crippen MR) is 67.4 cm³/mol. The standard InChI is InChI=1S/C11H11NS2/c1-14-10-6-9(13)11(12)8-5-3-2-4-7(8)10/h2-6,13H,12H2,1H3. The van der Waals surface area contributed by atoms with Crippen molar-refractivity contribution in [2.45, 2.75) is 9.79 Å². The van der Waals surface area contributed by atoms with Crippen LogP contribution in [0.1, 0.15) is 0 Å². The van der Waals surface area contributed by atoms with Crippen molar-refractivity contribution in [3.63, 3.8) is 0 Å². The van der Waals surface area contributed by atoms with Crippen LogP contribution in [0.4, 0.5) is 5.69 Å². The molecule has 0 radical (unpaired) electrons. The van der Waals surface area contributed by atoms with E-state index in [1.807, 2.05) is 24.3 Å². The quantitative estimate of drug-likeness (QED) is 0.438. The van der Waals surface area contributed by atoms with E-state index >= 15 is 0 Å². The van der Waals surface area contributed by atoms with Gasteiger partial charge in [0.15, 0.2) is 0 Å². The largest absolute Gasteiger partial charge is 0.397 e. The summed E-state index contributed by atoms with van der Waals surface area (Å²) in [5.41, 5.74) is 6.72. The molecule has 2 aromatic rings. The van der Waals surface area contributed by atoms with Crippen LogP contribution in [0.5, 0.6) is 0 Å². The average Bonchev–Trinajstić information content (AvgIpc) is 2.23. The topological polar surface area (TPSA) is 26.0 Å². The number of thioether (sulfide) groups is 1. The molecule has 0 saturated carbocycles. The maximum atomic E-state index is 5.96. The van der Waals surface area contributed by atoms with Gasteiger partial charge < -0.3 is 5.73 Å². The number of nitrogen functional groups attached to an aromatic ring is 1. The lowest BCUT2D eigenvalue weighted by Gasteiger charge is -2.08. The highest BCUT2D eigenvalue weighted by Gasteiger charge is 2.05. The summed E-state index contributed by atoms with van der Waals surface area (Å²) in [4.78, 5) is 2.08. The Bertz CT molecular complexity index is 480. The molecule has 72 valence electrons. The molecular formula is C11H11NS2. The van der Waals surface area contributed by atoms with Crippen LogP contribution < -0.4 is 5.73 Å². The Morgan fingerprint density at radius 1 is 1.21 bits per heavy atom. The molecular weight excluding hydrogens is 210 g/mol. The molecule has 1 nitrogen and oxygen atoms in total. The normalized spacial score (nSPS) is 10.7. The van der Waals surface area contributed by atoms with Gasteiger partial charge in [-0.1, -0.05) is 24.3 Å². The molecule has 0 amide bonds. The molecule has 2 N–H and O–H groups in total. The lowest BCUT2D eigenvalue weighted by Crippen LogP contribution is -1.90. The van der Waals surface area contributed by atoms with Gasteiger partial charge in [-0.2, -0.15) is 0 Å². The SMILES string of the molecule is CSc1cc(S)c(N)c2ccccc12. The second-order valence-electron chi connectivity index (χ2n) is 3.06. The summed E-state index contributed by atoms with van der Waals surface area (Å²) < 4.78 is 0. The van der Waals surface area contributed by atoms with Crippen LogP contribution in [0.25, 0.3) is 10.8 Å². The predicted octanol–water partition coefficient (Wildman–Crippen LogP) is 3.43. The second-order valence-corrected chi connectivity index (χ2v) is 4.39. The second kappa shape index (κ2) is 3.75. The van der Waals surface area contributed by atoms with Crippen molar-refractivity contribution in [2.75, 3.05) is 12.0 Å². The number of hydrogen-bond donors (Lipinski definition) is 2. The first-order valence-electron chi connectivity index (χ1n) is 4.28. The Morgan fingerprint density at radius 3 is 2.50 bits per heavy atom. The molecule has 2 rings (SSSR count). The van der Waals surface area contributed by atoms with Crippen molar-refractivity contribution in [3.8, 4) is 0 Å². The summed E-state index contributed by atoms with van der Waals surface area (Å²) >= 11 is 6.08. The van der Waals surface area contributed by atoms with E-state index in [1.54, 1.807) is 11.8 Å². The Labute approximate surface area is 93.1 Å². The number of hydrogen-bond acceptors (Lipinski definition) is 3. The Kier molecular flexibility index (Phi) is 2.61. The highest BCUT2D eigenvalue weighted by Crippen LogP contribution is 2.34. The minimum absolute atomic E-state index is 0.765. The van der Waals surface area contributed by atoms with E-state index in [1.165, 1.54) is 10.3 Å². The van der Waals surface area contributed by atoms with Crippen molar-refractivity contribution >= 4 is 40.9 Å².